The lowest BCUT2D eigenvalue weighted by molar-refractivity contribution is 0.669. The third-order valence-electron chi connectivity index (χ3n) is 9.25. The van der Waals surface area contributed by atoms with E-state index in [1.807, 2.05) is 30.5 Å². The largest absolute Gasteiger partial charge is 0.456 e. The van der Waals surface area contributed by atoms with E-state index < -0.39 is 0 Å². The van der Waals surface area contributed by atoms with Gasteiger partial charge in [-0.2, -0.15) is 0 Å². The van der Waals surface area contributed by atoms with E-state index >= 15 is 0 Å². The van der Waals surface area contributed by atoms with E-state index in [2.05, 4.69) is 146 Å². The zero-order chi connectivity index (χ0) is 32.7. The first-order valence-electron chi connectivity index (χ1n) is 16.4. The summed E-state index contributed by atoms with van der Waals surface area (Å²) in [6, 6.07) is 57.0. The van der Waals surface area contributed by atoms with Crippen LogP contribution in [0.25, 0.3) is 71.1 Å². The van der Waals surface area contributed by atoms with Crippen molar-refractivity contribution in [3.8, 4) is 11.1 Å². The van der Waals surface area contributed by atoms with Crippen molar-refractivity contribution in [3.05, 3.63) is 187 Å². The van der Waals surface area contributed by atoms with Crippen molar-refractivity contribution in [2.45, 2.75) is 0 Å². The predicted molar refractivity (Wildman–Crippen MR) is 208 cm³/mol. The van der Waals surface area contributed by atoms with Crippen LogP contribution in [0.5, 0.6) is 0 Å². The highest BCUT2D eigenvalue weighted by molar-refractivity contribution is 6.11. The zero-order valence-electron chi connectivity index (χ0n) is 26.7. The first-order chi connectivity index (χ1) is 24.1. The van der Waals surface area contributed by atoms with Crippen LogP contribution < -0.4 is 0 Å². The van der Waals surface area contributed by atoms with Gasteiger partial charge in [-0.15, -0.1) is 0 Å². The third-order valence-corrected chi connectivity index (χ3v) is 9.25. The molecule has 0 atom stereocenters. The molecule has 9 aromatic rings. The monoisotopic (exact) mass is 626 g/mol. The molecule has 0 amide bonds. The fourth-order valence-corrected chi connectivity index (χ4v) is 6.62. The number of benzene rings is 8. The number of furan rings is 1. The molecule has 49 heavy (non-hydrogen) atoms. The lowest BCUT2D eigenvalue weighted by Gasteiger charge is -2.07. The van der Waals surface area contributed by atoms with Gasteiger partial charge in [0.15, 0.2) is 5.84 Å². The summed E-state index contributed by atoms with van der Waals surface area (Å²) in [6.07, 6.45) is 1.86. The van der Waals surface area contributed by atoms with Crippen molar-refractivity contribution in [2.24, 2.45) is 9.98 Å². The first kappa shape index (κ1) is 28.6. The van der Waals surface area contributed by atoms with E-state index in [0.717, 1.165) is 55.0 Å². The van der Waals surface area contributed by atoms with E-state index in [4.69, 9.17) is 14.4 Å². The highest BCUT2D eigenvalue weighted by Gasteiger charge is 2.11. The molecule has 9 rings (SSSR count). The van der Waals surface area contributed by atoms with Crippen LogP contribution in [0.4, 0.5) is 0 Å². The Kier molecular flexibility index (Phi) is 6.95. The fourth-order valence-electron chi connectivity index (χ4n) is 6.62. The molecule has 0 aliphatic rings. The van der Waals surface area contributed by atoms with Gasteiger partial charge < -0.3 is 4.42 Å². The van der Waals surface area contributed by atoms with Gasteiger partial charge in [0.05, 0.1) is 5.70 Å². The Balaban J connectivity index is 1.08. The highest BCUT2D eigenvalue weighted by Crippen LogP contribution is 2.34. The Hall–Kier alpha value is -6.58. The summed E-state index contributed by atoms with van der Waals surface area (Å²) < 4.78 is 6.43. The Bertz CT molecular complexity index is 2800. The van der Waals surface area contributed by atoms with Gasteiger partial charge in [0.2, 0.25) is 0 Å². The molecule has 0 bridgehead atoms. The maximum atomic E-state index is 6.43. The number of aliphatic imine (C=N–C) groups is 2. The molecule has 230 valence electrons. The topological polar surface area (TPSA) is 37.9 Å². The van der Waals surface area contributed by atoms with Crippen LogP contribution in [0.2, 0.25) is 0 Å². The summed E-state index contributed by atoms with van der Waals surface area (Å²) in [7, 11) is 0. The Morgan fingerprint density at radius 2 is 0.980 bits per heavy atom. The molecule has 1 heterocycles. The van der Waals surface area contributed by atoms with Crippen LogP contribution in [-0.2, 0) is 0 Å². The zero-order valence-corrected chi connectivity index (χ0v) is 26.7. The number of fused-ring (bicyclic) bond motifs is 6. The lowest BCUT2D eigenvalue weighted by Crippen LogP contribution is -1.99. The maximum Gasteiger partial charge on any atom is 0.159 e. The second-order valence-corrected chi connectivity index (χ2v) is 12.4. The fraction of sp³-hybridized carbons (Fsp3) is 0. The molecule has 0 spiro atoms. The van der Waals surface area contributed by atoms with Gasteiger partial charge in [-0.3, -0.25) is 0 Å². The summed E-state index contributed by atoms with van der Waals surface area (Å²) >= 11 is 0. The number of rotatable bonds is 5. The van der Waals surface area contributed by atoms with Crippen LogP contribution in [0, 0.1) is 0 Å². The number of amidine groups is 1. The summed E-state index contributed by atoms with van der Waals surface area (Å²) in [5.74, 6) is 0.591. The molecule has 0 saturated carbocycles. The van der Waals surface area contributed by atoms with Crippen LogP contribution in [0.3, 0.4) is 0 Å². The smallest absolute Gasteiger partial charge is 0.159 e. The van der Waals surface area contributed by atoms with E-state index in [1.54, 1.807) is 0 Å². The molecular formula is C46H30N2O. The molecule has 0 saturated heterocycles. The van der Waals surface area contributed by atoms with Gasteiger partial charge in [-0.1, -0.05) is 128 Å². The number of hydrogen-bond donors (Lipinski definition) is 0. The van der Waals surface area contributed by atoms with Gasteiger partial charge >= 0.3 is 0 Å². The van der Waals surface area contributed by atoms with Gasteiger partial charge in [-0.05, 0) is 91.5 Å². The van der Waals surface area contributed by atoms with E-state index in [1.165, 1.54) is 27.1 Å². The van der Waals surface area contributed by atoms with Gasteiger partial charge in [-0.25, -0.2) is 9.98 Å². The number of hydrogen-bond acceptors (Lipinski definition) is 2. The average molecular weight is 627 g/mol. The van der Waals surface area contributed by atoms with Crippen molar-refractivity contribution >= 4 is 72.0 Å². The molecule has 8 aromatic carbocycles. The van der Waals surface area contributed by atoms with Gasteiger partial charge in [0.25, 0.3) is 0 Å². The van der Waals surface area contributed by atoms with Crippen LogP contribution in [0.15, 0.2) is 185 Å². The molecule has 1 aromatic heterocycles. The molecule has 0 radical (unpaired) electrons. The average Bonchev–Trinajstić information content (AvgIpc) is 3.53. The molecular weight excluding hydrogens is 597 g/mol. The minimum Gasteiger partial charge on any atom is -0.456 e. The summed E-state index contributed by atoms with van der Waals surface area (Å²) in [5.41, 5.74) is 7.43. The molecule has 0 aliphatic heterocycles. The van der Waals surface area contributed by atoms with E-state index in [9.17, 15) is 0 Å². The van der Waals surface area contributed by atoms with Crippen molar-refractivity contribution < 1.29 is 4.42 Å². The molecule has 3 heteroatoms. The predicted octanol–water partition coefficient (Wildman–Crippen LogP) is 12.2. The molecule has 3 nitrogen and oxygen atoms in total. The summed E-state index contributed by atoms with van der Waals surface area (Å²) in [5, 5.41) is 9.25. The van der Waals surface area contributed by atoms with E-state index in [0.29, 0.717) is 11.5 Å². The quantitative estimate of drug-likeness (QED) is 0.138. The standard InChI is InChI=1S/C46H30N2O/c1-30(35-18-15-32-8-2-5-11-36(32)25-35)48-46(41-20-17-34-10-4-7-13-38(34)27-41)47-29-31-14-22-42-43-23-21-40(28-45(43)49-44(42)24-31)39-19-16-33-9-3-6-12-37(33)26-39/h2-29H,1H2/b47-29+,48-46-. The van der Waals surface area contributed by atoms with Crippen LogP contribution in [0.1, 0.15) is 16.7 Å². The Labute approximate surface area is 283 Å². The normalized spacial score (nSPS) is 12.2. The third kappa shape index (κ3) is 5.48. The number of nitrogens with zero attached hydrogens (tertiary/aromatic N) is 2. The van der Waals surface area contributed by atoms with Crippen molar-refractivity contribution in [2.75, 3.05) is 0 Å². The molecule has 0 fully saturated rings. The van der Waals surface area contributed by atoms with E-state index in [-0.39, 0.29) is 0 Å². The first-order valence-corrected chi connectivity index (χ1v) is 16.4. The molecule has 0 aliphatic carbocycles. The van der Waals surface area contributed by atoms with Gasteiger partial charge in [0.1, 0.15) is 11.2 Å². The van der Waals surface area contributed by atoms with Crippen molar-refractivity contribution in [3.63, 3.8) is 0 Å². The SMILES string of the molecule is C=C(/N=C(\N=C\c1ccc2c(c1)oc1cc(-c3ccc4ccccc4c3)ccc12)c1ccc2ccccc2c1)c1ccc2ccccc2c1. The molecule has 0 unspecified atom stereocenters. The van der Waals surface area contributed by atoms with Crippen LogP contribution in [-0.4, -0.2) is 12.1 Å². The van der Waals surface area contributed by atoms with Gasteiger partial charge in [0, 0.05) is 28.1 Å². The second-order valence-electron chi connectivity index (χ2n) is 12.4. The Morgan fingerprint density at radius 1 is 0.469 bits per heavy atom. The maximum absolute atomic E-state index is 6.43. The molecule has 0 N–H and O–H groups in total. The lowest BCUT2D eigenvalue weighted by atomic mass is 10.00. The Morgan fingerprint density at radius 3 is 1.67 bits per heavy atom. The summed E-state index contributed by atoms with van der Waals surface area (Å²) in [4.78, 5) is 9.96. The summed E-state index contributed by atoms with van der Waals surface area (Å²) in [6.45, 7) is 4.35. The second kappa shape index (κ2) is 11.9. The minimum atomic E-state index is 0.591. The van der Waals surface area contributed by atoms with Crippen LogP contribution >= 0.6 is 0 Å². The van der Waals surface area contributed by atoms with Crippen molar-refractivity contribution in [1.29, 1.82) is 0 Å². The minimum absolute atomic E-state index is 0.591. The van der Waals surface area contributed by atoms with Crippen molar-refractivity contribution in [1.82, 2.24) is 0 Å². The highest BCUT2D eigenvalue weighted by atomic mass is 16.3.